The summed E-state index contributed by atoms with van der Waals surface area (Å²) in [6, 6.07) is 8.50. The van der Waals surface area contributed by atoms with E-state index >= 15 is 0 Å². The van der Waals surface area contributed by atoms with E-state index in [0.717, 1.165) is 12.1 Å². The van der Waals surface area contributed by atoms with Gasteiger partial charge in [0, 0.05) is 5.69 Å². The number of anilines is 4. The number of aromatic nitrogens is 2. The molecule has 0 aliphatic carbocycles. The molecule has 30 heavy (non-hydrogen) atoms. The Kier molecular flexibility index (Phi) is 6.59. The second kappa shape index (κ2) is 8.83. The maximum Gasteiger partial charge on any atom is 0.229 e. The van der Waals surface area contributed by atoms with E-state index in [2.05, 4.69) is 36.5 Å². The Morgan fingerprint density at radius 2 is 1.73 bits per heavy atom. The molecular formula is C19H16BrClF2N4O2S. The number of sulfone groups is 1. The van der Waals surface area contributed by atoms with Gasteiger partial charge in [0.15, 0.2) is 15.7 Å². The van der Waals surface area contributed by atoms with Crippen molar-refractivity contribution in [2.45, 2.75) is 24.0 Å². The Bertz CT molecular complexity index is 1190. The first-order chi connectivity index (χ1) is 14.1. The summed E-state index contributed by atoms with van der Waals surface area (Å²) in [5.41, 5.74) is 0.378. The molecule has 0 amide bonds. The number of hydrogen-bond acceptors (Lipinski definition) is 6. The third-order valence-corrected chi connectivity index (χ3v) is 7.30. The van der Waals surface area contributed by atoms with Crippen molar-refractivity contribution in [1.29, 1.82) is 0 Å². The summed E-state index contributed by atoms with van der Waals surface area (Å²) in [5, 5.41) is 5.10. The van der Waals surface area contributed by atoms with Gasteiger partial charge in [-0.25, -0.2) is 22.2 Å². The molecule has 0 aliphatic heterocycles. The number of benzene rings is 2. The van der Waals surface area contributed by atoms with Crippen LogP contribution in [0.5, 0.6) is 0 Å². The highest BCUT2D eigenvalue weighted by Gasteiger charge is 2.23. The van der Waals surface area contributed by atoms with E-state index in [-0.39, 0.29) is 31.8 Å². The molecule has 0 bridgehead atoms. The van der Waals surface area contributed by atoms with Crippen LogP contribution in [0.15, 0.2) is 52.0 Å². The van der Waals surface area contributed by atoms with Crippen molar-refractivity contribution < 1.29 is 17.2 Å². The van der Waals surface area contributed by atoms with Crippen LogP contribution < -0.4 is 10.6 Å². The molecule has 0 unspecified atom stereocenters. The van der Waals surface area contributed by atoms with Crippen LogP contribution in [0.2, 0.25) is 5.02 Å². The number of rotatable bonds is 6. The van der Waals surface area contributed by atoms with Crippen molar-refractivity contribution in [3.63, 3.8) is 0 Å². The van der Waals surface area contributed by atoms with Gasteiger partial charge in [-0.15, -0.1) is 0 Å². The first kappa shape index (κ1) is 22.4. The quantitative estimate of drug-likeness (QED) is 0.400. The standard InChI is InChI=1S/C19H16BrClF2N4O2S/c1-10(2)30(28,29)16-6-4-3-5-15(16)26-18-12(21)9-24-19(27-18)25-11-7-13(22)17(20)14(23)8-11/h3-10H,1-2H3,(H2,24,25,26,27). The summed E-state index contributed by atoms with van der Waals surface area (Å²) in [6.45, 7) is 3.17. The van der Waals surface area contributed by atoms with Crippen molar-refractivity contribution >= 4 is 60.5 Å². The lowest BCUT2D eigenvalue weighted by Gasteiger charge is -2.15. The second-order valence-electron chi connectivity index (χ2n) is 6.48. The lowest BCUT2D eigenvalue weighted by molar-refractivity contribution is 0.573. The van der Waals surface area contributed by atoms with E-state index in [9.17, 15) is 17.2 Å². The van der Waals surface area contributed by atoms with Gasteiger partial charge in [0.1, 0.15) is 16.7 Å². The largest absolute Gasteiger partial charge is 0.338 e. The highest BCUT2D eigenvalue weighted by Crippen LogP contribution is 2.31. The van der Waals surface area contributed by atoms with E-state index in [4.69, 9.17) is 11.6 Å². The Morgan fingerprint density at radius 1 is 1.10 bits per heavy atom. The third-order valence-electron chi connectivity index (χ3n) is 4.05. The van der Waals surface area contributed by atoms with Gasteiger partial charge in [0.2, 0.25) is 5.95 Å². The van der Waals surface area contributed by atoms with Gasteiger partial charge in [-0.2, -0.15) is 4.98 Å². The molecule has 0 saturated carbocycles. The molecule has 0 fully saturated rings. The molecule has 2 N–H and O–H groups in total. The van der Waals surface area contributed by atoms with Gasteiger partial charge in [0.05, 0.1) is 26.5 Å². The summed E-state index contributed by atoms with van der Waals surface area (Å²) in [7, 11) is -3.57. The van der Waals surface area contributed by atoms with Gasteiger partial charge in [-0.3, -0.25) is 0 Å². The minimum atomic E-state index is -3.57. The average Bonchev–Trinajstić information content (AvgIpc) is 2.69. The van der Waals surface area contributed by atoms with Crippen molar-refractivity contribution in [3.05, 3.63) is 63.7 Å². The Labute approximate surface area is 185 Å². The zero-order chi connectivity index (χ0) is 22.1. The molecule has 1 heterocycles. The number of halogens is 4. The maximum atomic E-state index is 13.7. The van der Waals surface area contributed by atoms with Crippen LogP contribution in [0.1, 0.15) is 13.8 Å². The van der Waals surface area contributed by atoms with E-state index in [1.165, 1.54) is 12.3 Å². The summed E-state index contributed by atoms with van der Waals surface area (Å²) < 4.78 is 52.5. The van der Waals surface area contributed by atoms with E-state index in [1.807, 2.05) is 0 Å². The molecule has 0 saturated heterocycles. The van der Waals surface area contributed by atoms with Crippen molar-refractivity contribution in [2.75, 3.05) is 10.6 Å². The second-order valence-corrected chi connectivity index (χ2v) is 10.2. The van der Waals surface area contributed by atoms with Crippen molar-refractivity contribution in [2.24, 2.45) is 0 Å². The van der Waals surface area contributed by atoms with Crippen LogP contribution in [-0.4, -0.2) is 23.6 Å². The maximum absolute atomic E-state index is 13.7. The van der Waals surface area contributed by atoms with Crippen LogP contribution in [0.4, 0.5) is 31.9 Å². The Balaban J connectivity index is 1.95. The summed E-state index contributed by atoms with van der Waals surface area (Å²) >= 11 is 8.96. The monoisotopic (exact) mass is 516 g/mol. The number of nitrogens with one attached hydrogen (secondary N) is 2. The predicted octanol–water partition coefficient (Wildman–Crippen LogP) is 5.84. The zero-order valence-corrected chi connectivity index (χ0v) is 18.9. The minimum Gasteiger partial charge on any atom is -0.338 e. The Hall–Kier alpha value is -2.30. The first-order valence-corrected chi connectivity index (χ1v) is 11.4. The summed E-state index contributed by atoms with van der Waals surface area (Å²) in [6.07, 6.45) is 1.28. The number of nitrogens with zero attached hydrogens (tertiary/aromatic N) is 2. The molecule has 0 radical (unpaired) electrons. The van der Waals surface area contributed by atoms with Gasteiger partial charge in [-0.05, 0) is 54.0 Å². The summed E-state index contributed by atoms with van der Waals surface area (Å²) in [4.78, 5) is 8.28. The number of para-hydroxylation sites is 1. The molecular weight excluding hydrogens is 502 g/mol. The number of hydrogen-bond donors (Lipinski definition) is 2. The Morgan fingerprint density at radius 3 is 2.37 bits per heavy atom. The van der Waals surface area contributed by atoms with E-state index in [0.29, 0.717) is 5.69 Å². The molecule has 3 rings (SSSR count). The molecule has 2 aromatic carbocycles. The molecule has 11 heteroatoms. The minimum absolute atomic E-state index is 0.00669. The molecule has 0 spiro atoms. The molecule has 158 valence electrons. The molecule has 0 aliphatic rings. The van der Waals surface area contributed by atoms with E-state index < -0.39 is 26.7 Å². The fraction of sp³-hybridized carbons (Fsp3) is 0.158. The van der Waals surface area contributed by atoms with Crippen molar-refractivity contribution in [3.8, 4) is 0 Å². The van der Waals surface area contributed by atoms with Crippen LogP contribution in [0.25, 0.3) is 0 Å². The van der Waals surface area contributed by atoms with Gasteiger partial charge in [0.25, 0.3) is 0 Å². The topological polar surface area (TPSA) is 84.0 Å². The summed E-state index contributed by atoms with van der Waals surface area (Å²) in [5.74, 6) is -1.46. The van der Waals surface area contributed by atoms with Gasteiger partial charge < -0.3 is 10.6 Å². The molecule has 6 nitrogen and oxygen atoms in total. The van der Waals surface area contributed by atoms with Gasteiger partial charge in [-0.1, -0.05) is 23.7 Å². The SMILES string of the molecule is CC(C)S(=O)(=O)c1ccccc1Nc1nc(Nc2cc(F)c(Br)c(F)c2)ncc1Cl. The van der Waals surface area contributed by atoms with Crippen LogP contribution in [0.3, 0.4) is 0 Å². The fourth-order valence-electron chi connectivity index (χ4n) is 2.47. The molecule has 3 aromatic rings. The molecule has 1 aromatic heterocycles. The highest BCUT2D eigenvalue weighted by atomic mass is 79.9. The third kappa shape index (κ3) is 4.71. The first-order valence-electron chi connectivity index (χ1n) is 8.63. The molecule has 0 atom stereocenters. The average molecular weight is 518 g/mol. The van der Waals surface area contributed by atoms with E-state index in [1.54, 1.807) is 32.0 Å². The van der Waals surface area contributed by atoms with Crippen LogP contribution in [0, 0.1) is 11.6 Å². The zero-order valence-electron chi connectivity index (χ0n) is 15.7. The van der Waals surface area contributed by atoms with Gasteiger partial charge >= 0.3 is 0 Å². The lowest BCUT2D eigenvalue weighted by atomic mass is 10.3. The normalized spacial score (nSPS) is 11.6. The van der Waals surface area contributed by atoms with Crippen LogP contribution in [-0.2, 0) is 9.84 Å². The van der Waals surface area contributed by atoms with Crippen molar-refractivity contribution in [1.82, 2.24) is 9.97 Å². The smallest absolute Gasteiger partial charge is 0.229 e. The predicted molar refractivity (Wildman–Crippen MR) is 116 cm³/mol. The fourth-order valence-corrected chi connectivity index (χ4v) is 4.04. The van der Waals surface area contributed by atoms with Crippen LogP contribution >= 0.6 is 27.5 Å². The highest BCUT2D eigenvalue weighted by molar-refractivity contribution is 9.10. The lowest BCUT2D eigenvalue weighted by Crippen LogP contribution is -2.15.